The van der Waals surface area contributed by atoms with E-state index < -0.39 is 5.60 Å². The lowest BCUT2D eigenvalue weighted by Crippen LogP contribution is -2.40. The van der Waals surface area contributed by atoms with E-state index in [1.807, 2.05) is 26.8 Å². The molecule has 1 aliphatic rings. The number of nitrogens with one attached hydrogen (secondary N) is 1. The van der Waals surface area contributed by atoms with Crippen molar-refractivity contribution in [3.63, 3.8) is 0 Å². The van der Waals surface area contributed by atoms with Crippen molar-refractivity contribution in [3.05, 3.63) is 21.0 Å². The fourth-order valence-electron chi connectivity index (χ4n) is 2.39. The minimum absolute atomic E-state index is 0.0233. The first-order chi connectivity index (χ1) is 10.7. The van der Waals surface area contributed by atoms with Crippen molar-refractivity contribution in [1.82, 2.24) is 10.2 Å². The zero-order chi connectivity index (χ0) is 17.2. The topological polar surface area (TPSA) is 63.9 Å². The van der Waals surface area contributed by atoms with E-state index in [0.29, 0.717) is 24.3 Å². The monoisotopic (exact) mass is 452 g/mol. The van der Waals surface area contributed by atoms with Gasteiger partial charge in [-0.2, -0.15) is 0 Å². The molecule has 1 amide bonds. The second-order valence-corrected chi connectivity index (χ2v) is 8.06. The molecule has 1 N–H and O–H groups in total. The van der Waals surface area contributed by atoms with Gasteiger partial charge in [0.15, 0.2) is 4.67 Å². The summed E-state index contributed by atoms with van der Waals surface area (Å²) >= 11 is 6.71. The molecule has 0 spiro atoms. The minimum Gasteiger partial charge on any atom is -0.452 e. The van der Waals surface area contributed by atoms with Crippen molar-refractivity contribution in [3.8, 4) is 0 Å². The van der Waals surface area contributed by atoms with Crippen molar-refractivity contribution in [2.45, 2.75) is 45.1 Å². The highest BCUT2D eigenvalue weighted by atomic mass is 79.9. The maximum atomic E-state index is 12.2. The summed E-state index contributed by atoms with van der Waals surface area (Å²) in [7, 11) is 1.65. The Morgan fingerprint density at radius 2 is 2.13 bits per heavy atom. The van der Waals surface area contributed by atoms with Crippen molar-refractivity contribution >= 4 is 38.0 Å². The van der Waals surface area contributed by atoms with E-state index in [1.54, 1.807) is 12.0 Å². The van der Waals surface area contributed by atoms with Gasteiger partial charge in [0.2, 0.25) is 0 Å². The SMILES string of the molecule is CO[C@H]1CN(C(=O)OC(C)(C)C)CC1NCc1cc(Br)c(Br)o1. The fourth-order valence-corrected chi connectivity index (χ4v) is 3.05. The number of hydrogen-bond donors (Lipinski definition) is 1. The minimum atomic E-state index is -0.502. The molecule has 1 aliphatic heterocycles. The predicted molar refractivity (Wildman–Crippen MR) is 93.3 cm³/mol. The molecule has 0 aliphatic carbocycles. The molecule has 0 saturated carbocycles. The third-order valence-electron chi connectivity index (χ3n) is 3.46. The summed E-state index contributed by atoms with van der Waals surface area (Å²) in [5, 5.41) is 3.38. The zero-order valence-corrected chi connectivity index (χ0v) is 16.9. The number of hydrogen-bond acceptors (Lipinski definition) is 5. The van der Waals surface area contributed by atoms with Gasteiger partial charge in [-0.1, -0.05) is 0 Å². The summed E-state index contributed by atoms with van der Waals surface area (Å²) in [4.78, 5) is 13.9. The van der Waals surface area contributed by atoms with Crippen molar-refractivity contribution in [1.29, 1.82) is 0 Å². The molecule has 2 heterocycles. The molecular formula is C15H22Br2N2O4. The maximum absolute atomic E-state index is 12.2. The van der Waals surface area contributed by atoms with Crippen LogP contribution in [-0.4, -0.2) is 48.9 Å². The molecule has 2 rings (SSSR count). The molecule has 6 nitrogen and oxygen atoms in total. The lowest BCUT2D eigenvalue weighted by Gasteiger charge is -2.24. The van der Waals surface area contributed by atoms with Crippen LogP contribution in [0.4, 0.5) is 4.79 Å². The summed E-state index contributed by atoms with van der Waals surface area (Å²) in [6.07, 6.45) is -0.392. The summed E-state index contributed by atoms with van der Waals surface area (Å²) in [6.45, 7) is 7.17. The van der Waals surface area contributed by atoms with Crippen LogP contribution in [-0.2, 0) is 16.0 Å². The largest absolute Gasteiger partial charge is 0.452 e. The third kappa shape index (κ3) is 5.20. The summed E-state index contributed by atoms with van der Waals surface area (Å²) in [6, 6.07) is 1.93. The van der Waals surface area contributed by atoms with E-state index in [4.69, 9.17) is 13.9 Å². The molecule has 1 aromatic heterocycles. The molecule has 8 heteroatoms. The van der Waals surface area contributed by atoms with Gasteiger partial charge in [-0.25, -0.2) is 4.79 Å². The Bertz CT molecular complexity index is 537. The quantitative estimate of drug-likeness (QED) is 0.755. The van der Waals surface area contributed by atoms with E-state index in [2.05, 4.69) is 37.2 Å². The highest BCUT2D eigenvalue weighted by Gasteiger charge is 2.37. The summed E-state index contributed by atoms with van der Waals surface area (Å²) < 4.78 is 18.0. The van der Waals surface area contributed by atoms with E-state index in [1.165, 1.54) is 0 Å². The number of rotatable bonds is 4. The van der Waals surface area contributed by atoms with Gasteiger partial charge in [0, 0.05) is 13.7 Å². The Hall–Kier alpha value is -0.570. The van der Waals surface area contributed by atoms with Crippen LogP contribution >= 0.6 is 31.9 Å². The van der Waals surface area contributed by atoms with Gasteiger partial charge in [-0.05, 0) is 58.7 Å². The molecule has 130 valence electrons. The lowest BCUT2D eigenvalue weighted by atomic mass is 10.2. The standard InChI is InChI=1S/C15H22Br2N2O4/c1-15(2,3)23-14(20)19-7-11(12(8-19)21-4)18-6-9-5-10(16)13(17)22-9/h5,11-12,18H,6-8H2,1-4H3/t11?,12-/m0/s1. The number of nitrogens with zero attached hydrogens (tertiary/aromatic N) is 1. The van der Waals surface area contributed by atoms with Gasteiger partial charge >= 0.3 is 6.09 Å². The first-order valence-electron chi connectivity index (χ1n) is 7.37. The smallest absolute Gasteiger partial charge is 0.410 e. The number of furan rings is 1. The zero-order valence-electron chi connectivity index (χ0n) is 13.7. The molecule has 2 atom stereocenters. The number of carbonyl (C=O) groups is 1. The molecule has 0 aromatic carbocycles. The molecular weight excluding hydrogens is 432 g/mol. The van der Waals surface area contributed by atoms with Gasteiger partial charge in [0.05, 0.1) is 29.7 Å². The fraction of sp³-hybridized carbons (Fsp3) is 0.667. The second kappa shape index (κ2) is 7.55. The van der Waals surface area contributed by atoms with Crippen LogP contribution in [0.5, 0.6) is 0 Å². The van der Waals surface area contributed by atoms with Gasteiger partial charge in [-0.3, -0.25) is 0 Å². The summed E-state index contributed by atoms with van der Waals surface area (Å²) in [5.41, 5.74) is -0.502. The van der Waals surface area contributed by atoms with Gasteiger partial charge in [0.1, 0.15) is 11.4 Å². The van der Waals surface area contributed by atoms with Crippen molar-refractivity contribution in [2.24, 2.45) is 0 Å². The van der Waals surface area contributed by atoms with Crippen LogP contribution in [0.25, 0.3) is 0 Å². The van der Waals surface area contributed by atoms with Crippen LogP contribution < -0.4 is 5.32 Å². The predicted octanol–water partition coefficient (Wildman–Crippen LogP) is 3.53. The Kier molecular flexibility index (Phi) is 6.16. The number of methoxy groups -OCH3 is 1. The Balaban J connectivity index is 1.92. The van der Waals surface area contributed by atoms with Crippen molar-refractivity contribution < 1.29 is 18.7 Å². The molecule has 0 radical (unpaired) electrons. The molecule has 23 heavy (non-hydrogen) atoms. The second-order valence-electron chi connectivity index (χ2n) is 6.48. The summed E-state index contributed by atoms with van der Waals surface area (Å²) in [5.74, 6) is 0.800. The van der Waals surface area contributed by atoms with Crippen LogP contribution in [0.3, 0.4) is 0 Å². The third-order valence-corrected chi connectivity index (χ3v) is 5.17. The van der Waals surface area contributed by atoms with Gasteiger partial charge in [-0.15, -0.1) is 0 Å². The molecule has 1 saturated heterocycles. The van der Waals surface area contributed by atoms with Gasteiger partial charge in [0.25, 0.3) is 0 Å². The number of carbonyl (C=O) groups excluding carboxylic acids is 1. The Morgan fingerprint density at radius 1 is 1.43 bits per heavy atom. The maximum Gasteiger partial charge on any atom is 0.410 e. The van der Waals surface area contributed by atoms with Crippen LogP contribution in [0.1, 0.15) is 26.5 Å². The highest BCUT2D eigenvalue weighted by molar-refractivity contribution is 9.13. The van der Waals surface area contributed by atoms with Crippen LogP contribution in [0, 0.1) is 0 Å². The number of halogens is 2. The Labute approximate surface area is 153 Å². The van der Waals surface area contributed by atoms with E-state index >= 15 is 0 Å². The lowest BCUT2D eigenvalue weighted by molar-refractivity contribution is 0.0252. The van der Waals surface area contributed by atoms with E-state index in [0.717, 1.165) is 10.2 Å². The van der Waals surface area contributed by atoms with Crippen LogP contribution in [0.15, 0.2) is 19.6 Å². The molecule has 1 aromatic rings. The van der Waals surface area contributed by atoms with E-state index in [9.17, 15) is 4.79 Å². The molecule has 0 bridgehead atoms. The average Bonchev–Trinajstić information content (AvgIpc) is 2.98. The van der Waals surface area contributed by atoms with E-state index in [-0.39, 0.29) is 18.2 Å². The van der Waals surface area contributed by atoms with Gasteiger partial charge < -0.3 is 24.1 Å². The normalized spacial score (nSPS) is 21.7. The highest BCUT2D eigenvalue weighted by Crippen LogP contribution is 2.27. The first kappa shape index (κ1) is 18.8. The van der Waals surface area contributed by atoms with Crippen molar-refractivity contribution in [2.75, 3.05) is 20.2 Å². The molecule has 1 fully saturated rings. The number of amides is 1. The van der Waals surface area contributed by atoms with Crippen LogP contribution in [0.2, 0.25) is 0 Å². The number of likely N-dealkylation sites (tertiary alicyclic amines) is 1. The number of ether oxygens (including phenoxy) is 2. The Morgan fingerprint density at radius 3 is 2.65 bits per heavy atom. The molecule has 1 unspecified atom stereocenters. The first-order valence-corrected chi connectivity index (χ1v) is 8.96. The average molecular weight is 454 g/mol.